The van der Waals surface area contributed by atoms with Crippen LogP contribution in [0.4, 0.5) is 17.1 Å². The first-order chi connectivity index (χ1) is 17.1. The number of amides is 1. The van der Waals surface area contributed by atoms with E-state index in [4.69, 9.17) is 0 Å². The van der Waals surface area contributed by atoms with Crippen molar-refractivity contribution in [2.75, 3.05) is 14.8 Å². The molecule has 0 saturated carbocycles. The first kappa shape index (κ1) is 24.9. The molecule has 0 radical (unpaired) electrons. The van der Waals surface area contributed by atoms with Gasteiger partial charge < -0.3 is 5.32 Å². The molecule has 0 bridgehead atoms. The Morgan fingerprint density at radius 3 is 1.89 bits per heavy atom. The largest absolute Gasteiger partial charge is 0.322 e. The van der Waals surface area contributed by atoms with E-state index >= 15 is 0 Å². The van der Waals surface area contributed by atoms with Crippen LogP contribution in [0.2, 0.25) is 0 Å². The van der Waals surface area contributed by atoms with Crippen molar-refractivity contribution in [3.05, 3.63) is 108 Å². The maximum Gasteiger partial charge on any atom is 0.261 e. The van der Waals surface area contributed by atoms with Crippen molar-refractivity contribution in [1.29, 1.82) is 0 Å². The van der Waals surface area contributed by atoms with Gasteiger partial charge in [0.15, 0.2) is 0 Å². The number of carbonyl (C=O) groups excluding carboxylic acids is 1. The standard InChI is InChI=1S/C25H22N4O5S2/c1-18-7-11-23(12-8-18)35(31,32)28-21-5-2-4-19(16-21)25(30)27-20-9-13-24(14-10-20)36(33,34)29-22-6-3-15-26-17-22/h2-17,28-29H,1H3,(H,27,30). The van der Waals surface area contributed by atoms with Crippen LogP contribution in [0.25, 0.3) is 0 Å². The van der Waals surface area contributed by atoms with Gasteiger partial charge in [-0.25, -0.2) is 16.8 Å². The number of benzene rings is 3. The molecule has 3 N–H and O–H groups in total. The van der Waals surface area contributed by atoms with E-state index in [0.29, 0.717) is 11.4 Å². The Labute approximate surface area is 209 Å². The summed E-state index contributed by atoms with van der Waals surface area (Å²) in [4.78, 5) is 16.7. The summed E-state index contributed by atoms with van der Waals surface area (Å²) in [6.07, 6.45) is 2.92. The Kier molecular flexibility index (Phi) is 7.04. The molecule has 36 heavy (non-hydrogen) atoms. The second-order valence-corrected chi connectivity index (χ2v) is 11.2. The maximum absolute atomic E-state index is 12.7. The van der Waals surface area contributed by atoms with E-state index in [1.54, 1.807) is 30.3 Å². The molecular formula is C25H22N4O5S2. The number of aryl methyl sites for hydroxylation is 1. The Bertz CT molecular complexity index is 1590. The Morgan fingerprint density at radius 1 is 0.694 bits per heavy atom. The van der Waals surface area contributed by atoms with Crippen LogP contribution in [0.15, 0.2) is 107 Å². The lowest BCUT2D eigenvalue weighted by molar-refractivity contribution is 0.102. The lowest BCUT2D eigenvalue weighted by Gasteiger charge is -2.11. The van der Waals surface area contributed by atoms with Gasteiger partial charge in [0.25, 0.3) is 26.0 Å². The van der Waals surface area contributed by atoms with Crippen LogP contribution in [0.3, 0.4) is 0 Å². The molecule has 4 aromatic rings. The number of aromatic nitrogens is 1. The minimum absolute atomic E-state index is 0.0110. The number of anilines is 3. The topological polar surface area (TPSA) is 134 Å². The molecule has 0 aliphatic rings. The predicted octanol–water partition coefficient (Wildman–Crippen LogP) is 4.24. The van der Waals surface area contributed by atoms with Gasteiger partial charge in [0.05, 0.1) is 21.7 Å². The first-order valence-corrected chi connectivity index (χ1v) is 13.6. The Morgan fingerprint density at radius 2 is 1.28 bits per heavy atom. The second-order valence-electron chi connectivity index (χ2n) is 7.83. The summed E-state index contributed by atoms with van der Waals surface area (Å²) in [6.45, 7) is 1.86. The minimum Gasteiger partial charge on any atom is -0.322 e. The zero-order valence-corrected chi connectivity index (χ0v) is 20.7. The Balaban J connectivity index is 1.44. The summed E-state index contributed by atoms with van der Waals surface area (Å²) >= 11 is 0. The fraction of sp³-hybridized carbons (Fsp3) is 0.0400. The molecule has 0 fully saturated rings. The molecule has 0 aliphatic heterocycles. The van der Waals surface area contributed by atoms with Crippen molar-refractivity contribution in [2.45, 2.75) is 16.7 Å². The summed E-state index contributed by atoms with van der Waals surface area (Å²) in [5.74, 6) is -0.490. The maximum atomic E-state index is 12.7. The van der Waals surface area contributed by atoms with Gasteiger partial charge in [-0.2, -0.15) is 0 Å². The summed E-state index contributed by atoms with van der Waals surface area (Å²) in [6, 6.07) is 21.3. The van der Waals surface area contributed by atoms with Gasteiger partial charge in [-0.1, -0.05) is 23.8 Å². The lowest BCUT2D eigenvalue weighted by atomic mass is 10.2. The van der Waals surface area contributed by atoms with E-state index < -0.39 is 26.0 Å². The molecule has 0 unspecified atom stereocenters. The number of hydrogen-bond acceptors (Lipinski definition) is 6. The van der Waals surface area contributed by atoms with Gasteiger partial charge in [-0.15, -0.1) is 0 Å². The second kappa shape index (κ2) is 10.2. The monoisotopic (exact) mass is 522 g/mol. The molecule has 184 valence electrons. The zero-order chi connectivity index (χ0) is 25.8. The van der Waals surface area contributed by atoms with Gasteiger partial charge in [0.2, 0.25) is 0 Å². The van der Waals surface area contributed by atoms with Crippen molar-refractivity contribution in [3.8, 4) is 0 Å². The SMILES string of the molecule is Cc1ccc(S(=O)(=O)Nc2cccc(C(=O)Nc3ccc(S(=O)(=O)Nc4cccnc4)cc3)c2)cc1. The first-order valence-electron chi connectivity index (χ1n) is 10.7. The molecule has 0 spiro atoms. The summed E-state index contributed by atoms with van der Waals surface area (Å²) in [7, 11) is -7.65. The third-order valence-electron chi connectivity index (χ3n) is 5.04. The van der Waals surface area contributed by atoms with Crippen LogP contribution in [-0.4, -0.2) is 27.7 Å². The quantitative estimate of drug-likeness (QED) is 0.317. The van der Waals surface area contributed by atoms with Crippen LogP contribution in [0.5, 0.6) is 0 Å². The molecule has 3 aromatic carbocycles. The van der Waals surface area contributed by atoms with Crippen molar-refractivity contribution in [3.63, 3.8) is 0 Å². The normalized spacial score (nSPS) is 11.5. The van der Waals surface area contributed by atoms with Gasteiger partial charge in [-0.05, 0) is 73.7 Å². The fourth-order valence-electron chi connectivity index (χ4n) is 3.21. The van der Waals surface area contributed by atoms with Crippen molar-refractivity contribution >= 4 is 43.0 Å². The molecule has 1 heterocycles. The molecule has 9 nitrogen and oxygen atoms in total. The molecule has 0 saturated heterocycles. The number of hydrogen-bond donors (Lipinski definition) is 3. The average molecular weight is 523 g/mol. The van der Waals surface area contributed by atoms with Crippen molar-refractivity contribution in [1.82, 2.24) is 4.98 Å². The van der Waals surface area contributed by atoms with Crippen LogP contribution in [0, 0.1) is 6.92 Å². The molecule has 0 aliphatic carbocycles. The number of carbonyl (C=O) groups is 1. The van der Waals surface area contributed by atoms with Crippen LogP contribution >= 0.6 is 0 Å². The van der Waals surface area contributed by atoms with E-state index in [0.717, 1.165) is 5.56 Å². The minimum atomic E-state index is -3.83. The zero-order valence-electron chi connectivity index (χ0n) is 19.0. The number of nitrogens with zero attached hydrogens (tertiary/aromatic N) is 1. The molecule has 1 amide bonds. The van der Waals surface area contributed by atoms with Crippen molar-refractivity contribution < 1.29 is 21.6 Å². The highest BCUT2D eigenvalue weighted by atomic mass is 32.2. The third-order valence-corrected chi connectivity index (χ3v) is 7.84. The number of nitrogens with one attached hydrogen (secondary N) is 3. The predicted molar refractivity (Wildman–Crippen MR) is 138 cm³/mol. The van der Waals surface area contributed by atoms with Gasteiger partial charge in [0, 0.05) is 23.1 Å². The molecule has 1 aromatic heterocycles. The van der Waals surface area contributed by atoms with Crippen molar-refractivity contribution in [2.24, 2.45) is 0 Å². The molecular weight excluding hydrogens is 500 g/mol. The molecule has 4 rings (SSSR count). The highest BCUT2D eigenvalue weighted by molar-refractivity contribution is 7.93. The lowest BCUT2D eigenvalue weighted by Crippen LogP contribution is -2.15. The molecule has 0 atom stereocenters. The van der Waals surface area contributed by atoms with Crippen LogP contribution in [0.1, 0.15) is 15.9 Å². The summed E-state index contributed by atoms with van der Waals surface area (Å²) in [5.41, 5.74) is 2.07. The number of pyridine rings is 1. The smallest absolute Gasteiger partial charge is 0.261 e. The summed E-state index contributed by atoms with van der Waals surface area (Å²) in [5, 5.41) is 2.67. The van der Waals surface area contributed by atoms with Gasteiger partial charge in [0.1, 0.15) is 0 Å². The van der Waals surface area contributed by atoms with Gasteiger partial charge in [-0.3, -0.25) is 19.2 Å². The van der Waals surface area contributed by atoms with Gasteiger partial charge >= 0.3 is 0 Å². The number of sulfonamides is 2. The fourth-order valence-corrected chi connectivity index (χ4v) is 5.31. The van der Waals surface area contributed by atoms with Crippen LogP contribution < -0.4 is 14.8 Å². The highest BCUT2D eigenvalue weighted by Gasteiger charge is 2.16. The van der Waals surface area contributed by atoms with Crippen LogP contribution in [-0.2, 0) is 20.0 Å². The van der Waals surface area contributed by atoms with E-state index in [-0.39, 0.29) is 21.0 Å². The van der Waals surface area contributed by atoms with E-state index in [9.17, 15) is 21.6 Å². The third kappa shape index (κ3) is 6.06. The summed E-state index contributed by atoms with van der Waals surface area (Å²) < 4.78 is 55.3. The highest BCUT2D eigenvalue weighted by Crippen LogP contribution is 2.20. The van der Waals surface area contributed by atoms with E-state index in [2.05, 4.69) is 19.7 Å². The molecule has 11 heteroatoms. The number of rotatable bonds is 8. The van der Waals surface area contributed by atoms with E-state index in [1.807, 2.05) is 6.92 Å². The average Bonchev–Trinajstić information content (AvgIpc) is 2.85. The van der Waals surface area contributed by atoms with E-state index in [1.165, 1.54) is 67.0 Å². The Hall–Kier alpha value is -4.22.